The molecule has 40 heavy (non-hydrogen) atoms. The van der Waals surface area contributed by atoms with Crippen LogP contribution in [0.5, 0.6) is 0 Å². The molecule has 0 spiro atoms. The molecular formula is C32H24N2O5S. The van der Waals surface area contributed by atoms with E-state index in [9.17, 15) is 19.2 Å². The summed E-state index contributed by atoms with van der Waals surface area (Å²) < 4.78 is 5.42. The average Bonchev–Trinajstić information content (AvgIpc) is 3.77. The van der Waals surface area contributed by atoms with E-state index in [0.717, 1.165) is 17.5 Å². The number of ether oxygens (including phenoxy) is 1. The van der Waals surface area contributed by atoms with Gasteiger partial charge in [0.15, 0.2) is 6.61 Å². The summed E-state index contributed by atoms with van der Waals surface area (Å²) in [6, 6.07) is 17.8. The van der Waals surface area contributed by atoms with Crippen LogP contribution in [0.1, 0.15) is 32.0 Å². The molecule has 2 aromatic heterocycles. The highest BCUT2D eigenvalue weighted by atomic mass is 32.1. The van der Waals surface area contributed by atoms with Gasteiger partial charge in [0.1, 0.15) is 0 Å². The fourth-order valence-corrected chi connectivity index (χ4v) is 7.02. The van der Waals surface area contributed by atoms with Crippen LogP contribution in [-0.2, 0) is 14.3 Å². The van der Waals surface area contributed by atoms with Crippen molar-refractivity contribution in [2.45, 2.75) is 13.3 Å². The second-order valence-electron chi connectivity index (χ2n) is 10.6. The number of aromatic nitrogens is 1. The molecule has 7 rings (SSSR count). The number of carbonyl (C=O) groups is 4. The number of hydrogen-bond donors (Lipinski definition) is 0. The quantitative estimate of drug-likeness (QED) is 0.134. The Labute approximate surface area is 234 Å². The van der Waals surface area contributed by atoms with E-state index >= 15 is 0 Å². The first-order chi connectivity index (χ1) is 19.4. The molecule has 1 saturated carbocycles. The third-order valence-corrected chi connectivity index (χ3v) is 9.19. The molecule has 1 aliphatic heterocycles. The highest BCUT2D eigenvalue weighted by molar-refractivity contribution is 7.12. The minimum atomic E-state index is -0.608. The summed E-state index contributed by atoms with van der Waals surface area (Å²) in [5.74, 6) is -1.32. The van der Waals surface area contributed by atoms with Gasteiger partial charge in [-0.15, -0.1) is 11.3 Å². The van der Waals surface area contributed by atoms with Crippen molar-refractivity contribution in [2.75, 3.05) is 11.5 Å². The third kappa shape index (κ3) is 3.82. The van der Waals surface area contributed by atoms with Crippen molar-refractivity contribution in [3.63, 3.8) is 0 Å². The van der Waals surface area contributed by atoms with Crippen LogP contribution in [0, 0.1) is 30.6 Å². The molecule has 3 aliphatic rings. The Morgan fingerprint density at radius 1 is 0.975 bits per heavy atom. The molecule has 1 saturated heterocycles. The zero-order valence-electron chi connectivity index (χ0n) is 21.6. The SMILES string of the molecule is Cc1cccc2c(C(=O)OCC(=O)c3cccs3)cc(-c3ccc(N4C(=O)C5C6C=CC(C6)C5C4=O)cc3)nc12. The number of imide groups is 1. The number of pyridine rings is 1. The highest BCUT2D eigenvalue weighted by Gasteiger charge is 2.59. The molecule has 4 aromatic rings. The topological polar surface area (TPSA) is 93.6 Å². The second kappa shape index (κ2) is 9.34. The van der Waals surface area contributed by atoms with Crippen LogP contribution in [-0.4, -0.2) is 35.2 Å². The molecule has 4 atom stereocenters. The van der Waals surface area contributed by atoms with Crippen LogP contribution in [0.4, 0.5) is 5.69 Å². The number of hydrogen-bond acceptors (Lipinski definition) is 7. The number of rotatable bonds is 6. The summed E-state index contributed by atoms with van der Waals surface area (Å²) in [7, 11) is 0. The lowest BCUT2D eigenvalue weighted by molar-refractivity contribution is -0.123. The lowest BCUT2D eigenvalue weighted by atomic mass is 9.85. The van der Waals surface area contributed by atoms with Gasteiger partial charge in [-0.05, 0) is 60.4 Å². The van der Waals surface area contributed by atoms with Crippen LogP contribution >= 0.6 is 11.3 Å². The molecule has 2 amide bonds. The number of allylic oxidation sites excluding steroid dienone is 2. The third-order valence-electron chi connectivity index (χ3n) is 8.28. The number of ketones is 1. The molecule has 7 nitrogen and oxygen atoms in total. The maximum absolute atomic E-state index is 13.2. The molecule has 8 heteroatoms. The van der Waals surface area contributed by atoms with E-state index in [0.29, 0.717) is 32.7 Å². The Morgan fingerprint density at radius 2 is 1.70 bits per heavy atom. The zero-order chi connectivity index (χ0) is 27.5. The van der Waals surface area contributed by atoms with Crippen molar-refractivity contribution < 1.29 is 23.9 Å². The Morgan fingerprint density at radius 3 is 2.38 bits per heavy atom. The Hall–Kier alpha value is -4.43. The molecule has 2 aromatic carbocycles. The Kier molecular flexibility index (Phi) is 5.75. The van der Waals surface area contributed by atoms with E-state index in [1.165, 1.54) is 16.2 Å². The van der Waals surface area contributed by atoms with Gasteiger partial charge < -0.3 is 4.74 Å². The number of esters is 1. The molecular weight excluding hydrogens is 524 g/mol. The standard InChI is InChI=1S/C32H24N2O5S/c1-17-4-2-5-22-23(32(38)39-16-25(35)26-6-3-13-40-26)15-24(33-29(17)22)18-9-11-21(12-10-18)34-30(36)27-19-7-8-20(14-19)28(27)31(34)37/h2-13,15,19-20,27-28H,14,16H2,1H3. The van der Waals surface area contributed by atoms with Crippen molar-refractivity contribution in [1.82, 2.24) is 4.98 Å². The normalized spacial score (nSPS) is 22.8. The number of para-hydroxylation sites is 1. The van der Waals surface area contributed by atoms with Gasteiger partial charge in [-0.3, -0.25) is 19.3 Å². The number of benzene rings is 2. The molecule has 2 aliphatic carbocycles. The monoisotopic (exact) mass is 548 g/mol. The first-order valence-corrected chi connectivity index (χ1v) is 14.1. The summed E-state index contributed by atoms with van der Waals surface area (Å²) in [6.07, 6.45) is 5.05. The van der Waals surface area contributed by atoms with Gasteiger partial charge in [-0.25, -0.2) is 9.78 Å². The van der Waals surface area contributed by atoms with Crippen molar-refractivity contribution >= 4 is 51.5 Å². The zero-order valence-corrected chi connectivity index (χ0v) is 22.4. The summed E-state index contributed by atoms with van der Waals surface area (Å²) >= 11 is 1.30. The fourth-order valence-electron chi connectivity index (χ4n) is 6.36. The molecule has 2 fully saturated rings. The molecule has 2 bridgehead atoms. The molecule has 0 radical (unpaired) electrons. The number of thiophene rings is 1. The van der Waals surface area contributed by atoms with E-state index in [1.807, 2.05) is 25.1 Å². The van der Waals surface area contributed by atoms with Crippen LogP contribution in [0.3, 0.4) is 0 Å². The number of anilines is 1. The summed E-state index contributed by atoms with van der Waals surface area (Å²) in [5, 5.41) is 2.44. The van der Waals surface area contributed by atoms with Crippen LogP contribution in [0.2, 0.25) is 0 Å². The lowest BCUT2D eigenvalue weighted by Gasteiger charge is -2.18. The second-order valence-corrected chi connectivity index (χ2v) is 11.5. The number of Topliss-reactive ketones (excluding diaryl/α,β-unsaturated/α-hetero) is 1. The van der Waals surface area contributed by atoms with Crippen molar-refractivity contribution in [2.24, 2.45) is 23.7 Å². The van der Waals surface area contributed by atoms with E-state index < -0.39 is 5.97 Å². The Balaban J connectivity index is 1.19. The smallest absolute Gasteiger partial charge is 0.339 e. The van der Waals surface area contributed by atoms with Gasteiger partial charge in [0, 0.05) is 10.9 Å². The van der Waals surface area contributed by atoms with E-state index in [4.69, 9.17) is 9.72 Å². The molecule has 4 unspecified atom stereocenters. The molecule has 3 heterocycles. The minimum absolute atomic E-state index is 0.124. The van der Waals surface area contributed by atoms with Crippen LogP contribution < -0.4 is 4.90 Å². The number of nitrogens with zero attached hydrogens (tertiary/aromatic N) is 2. The maximum Gasteiger partial charge on any atom is 0.339 e. The average molecular weight is 549 g/mol. The van der Waals surface area contributed by atoms with Crippen molar-refractivity contribution in [3.8, 4) is 11.3 Å². The van der Waals surface area contributed by atoms with Crippen molar-refractivity contribution in [1.29, 1.82) is 0 Å². The van der Waals surface area contributed by atoms with Crippen LogP contribution in [0.15, 0.2) is 78.2 Å². The number of fused-ring (bicyclic) bond motifs is 6. The van der Waals surface area contributed by atoms with E-state index in [1.54, 1.807) is 47.8 Å². The Bertz CT molecular complexity index is 1710. The first kappa shape index (κ1) is 24.6. The van der Waals surface area contributed by atoms with Gasteiger partial charge >= 0.3 is 5.97 Å². The number of carbonyl (C=O) groups excluding carboxylic acids is 4. The summed E-state index contributed by atoms with van der Waals surface area (Å²) in [6.45, 7) is 1.57. The van der Waals surface area contributed by atoms with Gasteiger partial charge in [-0.2, -0.15) is 0 Å². The van der Waals surface area contributed by atoms with Gasteiger partial charge in [0.05, 0.1) is 39.2 Å². The number of amides is 2. The predicted octanol–water partition coefficient (Wildman–Crippen LogP) is 5.62. The largest absolute Gasteiger partial charge is 0.454 e. The number of aryl methyl sites for hydroxylation is 1. The summed E-state index contributed by atoms with van der Waals surface area (Å²) in [5.41, 5.74) is 3.66. The van der Waals surface area contributed by atoms with Gasteiger partial charge in [-0.1, -0.05) is 48.6 Å². The fraction of sp³-hybridized carbons (Fsp3) is 0.219. The molecule has 198 valence electrons. The van der Waals surface area contributed by atoms with E-state index in [-0.39, 0.29) is 47.9 Å². The molecule has 0 N–H and O–H groups in total. The first-order valence-electron chi connectivity index (χ1n) is 13.2. The highest BCUT2D eigenvalue weighted by Crippen LogP contribution is 2.53. The lowest BCUT2D eigenvalue weighted by Crippen LogP contribution is -2.32. The van der Waals surface area contributed by atoms with Crippen molar-refractivity contribution in [3.05, 3.63) is 94.2 Å². The van der Waals surface area contributed by atoms with Gasteiger partial charge in [0.25, 0.3) is 0 Å². The van der Waals surface area contributed by atoms with Gasteiger partial charge in [0.2, 0.25) is 17.6 Å². The summed E-state index contributed by atoms with van der Waals surface area (Å²) in [4.78, 5) is 58.7. The minimum Gasteiger partial charge on any atom is -0.454 e. The van der Waals surface area contributed by atoms with Crippen LogP contribution in [0.25, 0.3) is 22.2 Å². The predicted molar refractivity (Wildman–Crippen MR) is 151 cm³/mol. The van der Waals surface area contributed by atoms with E-state index in [2.05, 4.69) is 12.2 Å². The maximum atomic E-state index is 13.2.